The minimum atomic E-state index is -4.65. The van der Waals surface area contributed by atoms with Crippen LogP contribution in [0.1, 0.15) is 22.3 Å². The number of likely N-dealkylation sites (N-methyl/N-ethyl adjacent to an activating group) is 1. The average molecular weight is 679 g/mol. The van der Waals surface area contributed by atoms with E-state index in [1.165, 1.54) is 56.3 Å². The zero-order valence-corrected chi connectivity index (χ0v) is 27.9. The number of nitro groups is 1. The first-order valence-electron chi connectivity index (χ1n) is 14.6. The summed E-state index contributed by atoms with van der Waals surface area (Å²) in [4.78, 5) is 40.0. The van der Waals surface area contributed by atoms with Crippen LogP contribution in [0.2, 0.25) is 5.02 Å². The number of nitro benzene ring substituents is 1. The van der Waals surface area contributed by atoms with Gasteiger partial charge in [0.05, 0.1) is 22.6 Å². The third-order valence-electron chi connectivity index (χ3n) is 7.77. The van der Waals surface area contributed by atoms with E-state index in [0.717, 1.165) is 27.1 Å². The highest BCUT2D eigenvalue weighted by Gasteiger charge is 2.36. The monoisotopic (exact) mass is 678 g/mol. The van der Waals surface area contributed by atoms with Crippen LogP contribution in [0, 0.1) is 24.0 Å². The van der Waals surface area contributed by atoms with Gasteiger partial charge in [0, 0.05) is 36.7 Å². The number of ether oxygens (including phenoxy) is 1. The summed E-state index contributed by atoms with van der Waals surface area (Å²) in [7, 11) is -1.85. The Morgan fingerprint density at radius 3 is 2.28 bits per heavy atom. The lowest BCUT2D eigenvalue weighted by molar-refractivity contribution is -0.385. The van der Waals surface area contributed by atoms with Crippen LogP contribution in [-0.2, 0) is 32.6 Å². The van der Waals surface area contributed by atoms with Crippen molar-refractivity contribution in [2.24, 2.45) is 0 Å². The molecule has 1 atom stereocenters. The van der Waals surface area contributed by atoms with Crippen molar-refractivity contribution in [3.63, 3.8) is 0 Å². The number of carbonyl (C=O) groups is 2. The predicted molar refractivity (Wildman–Crippen MR) is 180 cm³/mol. The van der Waals surface area contributed by atoms with Crippen LogP contribution in [0.25, 0.3) is 0 Å². The summed E-state index contributed by atoms with van der Waals surface area (Å²) >= 11 is 6.31. The van der Waals surface area contributed by atoms with Crippen LogP contribution in [0.4, 0.5) is 11.4 Å². The molecule has 0 aliphatic heterocycles. The molecule has 0 unspecified atom stereocenters. The molecular formula is C34H35ClN4O7S. The molecule has 0 aliphatic rings. The fourth-order valence-electron chi connectivity index (χ4n) is 5.14. The maximum absolute atomic E-state index is 14.5. The number of hydrogen-bond donors (Lipinski definition) is 1. The first kappa shape index (κ1) is 34.9. The molecule has 0 radical (unpaired) electrons. The molecule has 13 heteroatoms. The zero-order chi connectivity index (χ0) is 34.3. The van der Waals surface area contributed by atoms with E-state index in [0.29, 0.717) is 0 Å². The van der Waals surface area contributed by atoms with E-state index in [9.17, 15) is 28.1 Å². The van der Waals surface area contributed by atoms with Crippen LogP contribution in [0.15, 0.2) is 95.9 Å². The number of anilines is 1. The van der Waals surface area contributed by atoms with Gasteiger partial charge in [0.1, 0.15) is 18.3 Å². The zero-order valence-electron chi connectivity index (χ0n) is 26.3. The topological polar surface area (TPSA) is 139 Å². The molecule has 4 rings (SSSR count). The Morgan fingerprint density at radius 2 is 1.64 bits per heavy atom. The van der Waals surface area contributed by atoms with Crippen molar-refractivity contribution in [1.82, 2.24) is 10.2 Å². The van der Waals surface area contributed by atoms with Gasteiger partial charge in [0.25, 0.3) is 15.7 Å². The lowest BCUT2D eigenvalue weighted by atomic mass is 10.0. The predicted octanol–water partition coefficient (Wildman–Crippen LogP) is 5.46. The summed E-state index contributed by atoms with van der Waals surface area (Å²) in [5, 5.41) is 14.5. The highest BCUT2D eigenvalue weighted by atomic mass is 35.5. The Hall–Kier alpha value is -4.94. The van der Waals surface area contributed by atoms with Crippen LogP contribution in [0.3, 0.4) is 0 Å². The van der Waals surface area contributed by atoms with E-state index in [-0.39, 0.29) is 35.0 Å². The second-order valence-corrected chi connectivity index (χ2v) is 13.1. The van der Waals surface area contributed by atoms with E-state index >= 15 is 0 Å². The second-order valence-electron chi connectivity index (χ2n) is 10.8. The van der Waals surface area contributed by atoms with Crippen molar-refractivity contribution < 1.29 is 27.7 Å². The molecule has 0 fully saturated rings. The van der Waals surface area contributed by atoms with E-state index in [2.05, 4.69) is 5.32 Å². The molecule has 0 bridgehead atoms. The summed E-state index contributed by atoms with van der Waals surface area (Å²) in [6.45, 7) is 2.58. The SMILES string of the molecule is CNC(=O)[C@@H](Cc1ccccc1)N(Cc1ccccc1C)C(=O)CN(c1cc(Cl)ccc1OC)S(=O)(=O)c1ccc(C)c([N+](=O)[O-])c1. The van der Waals surface area contributed by atoms with E-state index in [1.54, 1.807) is 0 Å². The lowest BCUT2D eigenvalue weighted by Crippen LogP contribution is -2.53. The van der Waals surface area contributed by atoms with Gasteiger partial charge in [-0.15, -0.1) is 0 Å². The minimum Gasteiger partial charge on any atom is -0.495 e. The van der Waals surface area contributed by atoms with Gasteiger partial charge in [-0.05, 0) is 54.8 Å². The molecule has 11 nitrogen and oxygen atoms in total. The first-order chi connectivity index (χ1) is 22.4. The van der Waals surface area contributed by atoms with Crippen molar-refractivity contribution in [2.45, 2.75) is 37.8 Å². The number of nitrogens with zero attached hydrogens (tertiary/aromatic N) is 3. The van der Waals surface area contributed by atoms with Gasteiger partial charge >= 0.3 is 0 Å². The number of methoxy groups -OCH3 is 1. The average Bonchev–Trinajstić information content (AvgIpc) is 3.05. The number of sulfonamides is 1. The molecular weight excluding hydrogens is 644 g/mol. The van der Waals surface area contributed by atoms with Gasteiger partial charge in [0.15, 0.2) is 0 Å². The molecule has 0 aliphatic carbocycles. The molecule has 0 heterocycles. The van der Waals surface area contributed by atoms with Crippen molar-refractivity contribution >= 4 is 44.8 Å². The van der Waals surface area contributed by atoms with Gasteiger partial charge in [0.2, 0.25) is 11.8 Å². The lowest BCUT2D eigenvalue weighted by Gasteiger charge is -2.34. The number of rotatable bonds is 13. The number of aryl methyl sites for hydroxylation is 2. The molecule has 2 amide bonds. The van der Waals surface area contributed by atoms with Crippen LogP contribution < -0.4 is 14.4 Å². The van der Waals surface area contributed by atoms with Crippen LogP contribution in [0.5, 0.6) is 5.75 Å². The summed E-state index contributed by atoms with van der Waals surface area (Å²) in [6, 6.07) is 23.3. The number of amides is 2. The standard InChI is InChI=1S/C34H35ClN4O7S/c1-23-10-8-9-13-26(23)21-37(31(34(41)36-3)18-25-11-6-5-7-12-25)33(40)22-38(30-19-27(35)15-17-32(30)46-4)47(44,45)28-16-14-24(2)29(20-28)39(42)43/h5-17,19-20,31H,18,21-22H2,1-4H3,(H,36,41)/t31-/m1/s1. The third kappa shape index (κ3) is 8.08. The molecule has 4 aromatic carbocycles. The highest BCUT2D eigenvalue weighted by molar-refractivity contribution is 7.92. The van der Waals surface area contributed by atoms with Crippen LogP contribution in [-0.4, -0.2) is 56.8 Å². The normalized spacial score (nSPS) is 11.8. The maximum Gasteiger partial charge on any atom is 0.273 e. The largest absolute Gasteiger partial charge is 0.495 e. The molecule has 0 spiro atoms. The van der Waals surface area contributed by atoms with Crippen LogP contribution >= 0.6 is 11.6 Å². The molecule has 4 aromatic rings. The molecule has 47 heavy (non-hydrogen) atoms. The number of carbonyl (C=O) groups excluding carboxylic acids is 2. The van der Waals surface area contributed by atoms with Gasteiger partial charge in [-0.25, -0.2) is 8.42 Å². The highest BCUT2D eigenvalue weighted by Crippen LogP contribution is 2.36. The maximum atomic E-state index is 14.5. The molecule has 246 valence electrons. The quantitative estimate of drug-likeness (QED) is 0.146. The van der Waals surface area contributed by atoms with Crippen molar-refractivity contribution in [1.29, 1.82) is 0 Å². The number of halogens is 1. The summed E-state index contributed by atoms with van der Waals surface area (Å²) in [6.07, 6.45) is 0.148. The van der Waals surface area contributed by atoms with E-state index < -0.39 is 49.9 Å². The minimum absolute atomic E-state index is 0.00695. The fraction of sp³-hybridized carbons (Fsp3) is 0.235. The first-order valence-corrected chi connectivity index (χ1v) is 16.4. The Balaban J connectivity index is 1.89. The van der Waals surface area contributed by atoms with E-state index in [1.807, 2.05) is 61.5 Å². The number of nitrogens with one attached hydrogen (secondary N) is 1. The van der Waals surface area contributed by atoms with Gasteiger partial charge in [-0.3, -0.25) is 24.0 Å². The second kappa shape index (κ2) is 15.1. The third-order valence-corrected chi connectivity index (χ3v) is 9.76. The Morgan fingerprint density at radius 1 is 0.957 bits per heavy atom. The van der Waals surface area contributed by atoms with Gasteiger partial charge in [-0.1, -0.05) is 72.3 Å². The number of benzene rings is 4. The van der Waals surface area contributed by atoms with Gasteiger partial charge < -0.3 is 15.0 Å². The number of hydrogen-bond acceptors (Lipinski definition) is 7. The Labute approximate surface area is 278 Å². The van der Waals surface area contributed by atoms with Gasteiger partial charge in [-0.2, -0.15) is 0 Å². The smallest absolute Gasteiger partial charge is 0.273 e. The summed E-state index contributed by atoms with van der Waals surface area (Å²) in [5.41, 5.74) is 2.21. The molecule has 1 N–H and O–H groups in total. The Bertz CT molecular complexity index is 1890. The summed E-state index contributed by atoms with van der Waals surface area (Å²) < 4.78 is 35.0. The molecule has 0 aromatic heterocycles. The van der Waals surface area contributed by atoms with Crippen molar-refractivity contribution in [3.8, 4) is 5.75 Å². The molecule has 0 saturated carbocycles. The Kier molecular flexibility index (Phi) is 11.2. The van der Waals surface area contributed by atoms with E-state index in [4.69, 9.17) is 16.3 Å². The van der Waals surface area contributed by atoms with Crippen molar-refractivity contribution in [2.75, 3.05) is 25.0 Å². The summed E-state index contributed by atoms with van der Waals surface area (Å²) in [5.74, 6) is -1.06. The fourth-order valence-corrected chi connectivity index (χ4v) is 6.74. The molecule has 0 saturated heterocycles. The van der Waals surface area contributed by atoms with Crippen molar-refractivity contribution in [3.05, 3.63) is 128 Å².